The van der Waals surface area contributed by atoms with E-state index in [-0.39, 0.29) is 22.5 Å². The van der Waals surface area contributed by atoms with Crippen molar-refractivity contribution in [2.45, 2.75) is 56.9 Å². The molecular weight excluding hydrogens is 306 g/mol. The number of furan rings is 1. The molecule has 0 saturated heterocycles. The van der Waals surface area contributed by atoms with Crippen LogP contribution in [0.5, 0.6) is 0 Å². The largest absolute Gasteiger partial charge is 0.463 e. The van der Waals surface area contributed by atoms with Gasteiger partial charge in [0.1, 0.15) is 10.7 Å². The van der Waals surface area contributed by atoms with E-state index in [1.54, 1.807) is 6.92 Å². The van der Waals surface area contributed by atoms with Crippen LogP contribution < -0.4 is 0 Å². The van der Waals surface area contributed by atoms with E-state index < -0.39 is 16.0 Å². The third-order valence-corrected chi connectivity index (χ3v) is 6.27. The third-order valence-electron chi connectivity index (χ3n) is 4.14. The van der Waals surface area contributed by atoms with Gasteiger partial charge >= 0.3 is 5.97 Å². The van der Waals surface area contributed by atoms with Crippen molar-refractivity contribution in [2.75, 3.05) is 13.7 Å². The summed E-state index contributed by atoms with van der Waals surface area (Å²) in [5, 5.41) is 0. The minimum Gasteiger partial charge on any atom is -0.463 e. The summed E-state index contributed by atoms with van der Waals surface area (Å²) in [5.41, 5.74) is 0. The summed E-state index contributed by atoms with van der Waals surface area (Å²) in [6.07, 6.45) is 5.02. The second-order valence-corrected chi connectivity index (χ2v) is 7.38. The number of aryl methyl sites for hydroxylation is 1. The zero-order chi connectivity index (χ0) is 16.3. The highest BCUT2D eigenvalue weighted by Crippen LogP contribution is 2.30. The van der Waals surface area contributed by atoms with Gasteiger partial charge in [0.05, 0.1) is 7.11 Å². The van der Waals surface area contributed by atoms with E-state index in [0.29, 0.717) is 6.54 Å². The van der Waals surface area contributed by atoms with Crippen LogP contribution in [0.3, 0.4) is 0 Å². The third kappa shape index (κ3) is 3.20. The molecule has 6 nitrogen and oxygen atoms in total. The number of methoxy groups -OCH3 is 1. The Morgan fingerprint density at radius 3 is 2.55 bits per heavy atom. The fourth-order valence-corrected chi connectivity index (χ4v) is 4.90. The fourth-order valence-electron chi connectivity index (χ4n) is 3.04. The van der Waals surface area contributed by atoms with Crippen LogP contribution in [0.25, 0.3) is 0 Å². The maximum Gasteiger partial charge on any atom is 0.373 e. The first-order chi connectivity index (χ1) is 10.4. The average molecular weight is 329 g/mol. The number of rotatable bonds is 5. The van der Waals surface area contributed by atoms with Crippen molar-refractivity contribution in [1.29, 1.82) is 0 Å². The Balaban J connectivity index is 2.35. The quantitative estimate of drug-likeness (QED) is 0.776. The Morgan fingerprint density at radius 1 is 1.36 bits per heavy atom. The van der Waals surface area contributed by atoms with E-state index in [4.69, 9.17) is 4.42 Å². The lowest BCUT2D eigenvalue weighted by Gasteiger charge is -2.32. The minimum absolute atomic E-state index is 0.0274. The Labute approximate surface area is 131 Å². The molecule has 0 atom stereocenters. The number of carbonyl (C=O) groups excluding carboxylic acids is 1. The molecule has 0 N–H and O–H groups in total. The molecule has 0 bridgehead atoms. The van der Waals surface area contributed by atoms with Gasteiger partial charge in [0, 0.05) is 18.7 Å². The fraction of sp³-hybridized carbons (Fsp3) is 0.667. The number of nitrogens with zero attached hydrogens (tertiary/aromatic N) is 1. The Bertz CT molecular complexity index is 628. The van der Waals surface area contributed by atoms with Gasteiger partial charge in [-0.05, 0) is 19.8 Å². The van der Waals surface area contributed by atoms with Gasteiger partial charge in [-0.1, -0.05) is 26.2 Å². The Morgan fingerprint density at radius 2 is 2.00 bits per heavy atom. The number of ether oxygens (including phenoxy) is 1. The lowest BCUT2D eigenvalue weighted by Crippen LogP contribution is -2.41. The lowest BCUT2D eigenvalue weighted by molar-refractivity contribution is 0.0563. The number of esters is 1. The van der Waals surface area contributed by atoms with Crippen molar-refractivity contribution < 1.29 is 22.4 Å². The summed E-state index contributed by atoms with van der Waals surface area (Å²) >= 11 is 0. The molecule has 0 aromatic carbocycles. The van der Waals surface area contributed by atoms with Crippen LogP contribution >= 0.6 is 0 Å². The molecule has 22 heavy (non-hydrogen) atoms. The molecule has 0 amide bonds. The van der Waals surface area contributed by atoms with Crippen LogP contribution in [0.1, 0.15) is 55.3 Å². The standard InChI is InChI=1S/C15H23NO5S/c1-4-16(12-8-6-5-7-9-12)22(18,19)14-10-13(15(17)20-3)21-11(14)2/h10,12H,4-9H2,1-3H3. The molecule has 0 radical (unpaired) electrons. The Kier molecular flexibility index (Phi) is 5.28. The highest BCUT2D eigenvalue weighted by molar-refractivity contribution is 7.89. The summed E-state index contributed by atoms with van der Waals surface area (Å²) in [6.45, 7) is 3.79. The highest BCUT2D eigenvalue weighted by Gasteiger charge is 2.34. The van der Waals surface area contributed by atoms with Crippen LogP contribution in [0.15, 0.2) is 15.4 Å². The molecule has 1 aromatic heterocycles. The molecule has 1 aliphatic rings. The van der Waals surface area contributed by atoms with Crippen molar-refractivity contribution in [3.05, 3.63) is 17.6 Å². The van der Waals surface area contributed by atoms with Gasteiger partial charge in [0.2, 0.25) is 15.8 Å². The lowest BCUT2D eigenvalue weighted by atomic mass is 9.95. The van der Waals surface area contributed by atoms with Gasteiger partial charge in [-0.2, -0.15) is 4.31 Å². The van der Waals surface area contributed by atoms with Crippen molar-refractivity contribution in [2.24, 2.45) is 0 Å². The SMILES string of the molecule is CCN(C1CCCCC1)S(=O)(=O)c1cc(C(=O)OC)oc1C. The molecule has 0 unspecified atom stereocenters. The zero-order valence-corrected chi connectivity index (χ0v) is 14.1. The van der Waals surface area contributed by atoms with Crippen molar-refractivity contribution in [3.63, 3.8) is 0 Å². The predicted molar refractivity (Wildman–Crippen MR) is 81.2 cm³/mol. The molecule has 124 valence electrons. The molecule has 2 rings (SSSR count). The van der Waals surface area contributed by atoms with Gasteiger partial charge in [0.15, 0.2) is 0 Å². The van der Waals surface area contributed by atoms with E-state index in [9.17, 15) is 13.2 Å². The smallest absolute Gasteiger partial charge is 0.373 e. The molecule has 0 aliphatic heterocycles. The second kappa shape index (κ2) is 6.83. The van der Waals surface area contributed by atoms with Crippen LogP contribution in [-0.2, 0) is 14.8 Å². The number of hydrogen-bond donors (Lipinski definition) is 0. The summed E-state index contributed by atoms with van der Waals surface area (Å²) in [4.78, 5) is 11.6. The molecule has 1 aliphatic carbocycles. The first-order valence-corrected chi connectivity index (χ1v) is 9.06. The van der Waals surface area contributed by atoms with Gasteiger partial charge in [-0.3, -0.25) is 0 Å². The van der Waals surface area contributed by atoms with Crippen LogP contribution in [-0.4, -0.2) is 38.4 Å². The zero-order valence-electron chi connectivity index (χ0n) is 13.3. The molecule has 1 heterocycles. The summed E-state index contributed by atoms with van der Waals surface area (Å²) in [5.74, 6) is -0.543. The predicted octanol–water partition coefficient (Wildman–Crippen LogP) is 2.72. The molecule has 7 heteroatoms. The molecule has 0 spiro atoms. The first-order valence-electron chi connectivity index (χ1n) is 7.62. The van der Waals surface area contributed by atoms with Gasteiger partial charge in [0.25, 0.3) is 0 Å². The molecule has 1 aromatic rings. The number of sulfonamides is 1. The van der Waals surface area contributed by atoms with E-state index >= 15 is 0 Å². The summed E-state index contributed by atoms with van der Waals surface area (Å²) in [6, 6.07) is 1.29. The van der Waals surface area contributed by atoms with Gasteiger partial charge < -0.3 is 9.15 Å². The van der Waals surface area contributed by atoms with Crippen LogP contribution in [0.4, 0.5) is 0 Å². The van der Waals surface area contributed by atoms with Crippen molar-refractivity contribution in [1.82, 2.24) is 4.31 Å². The maximum absolute atomic E-state index is 12.9. The summed E-state index contributed by atoms with van der Waals surface area (Å²) < 4.78 is 37.2. The monoisotopic (exact) mass is 329 g/mol. The van der Waals surface area contributed by atoms with Crippen molar-refractivity contribution >= 4 is 16.0 Å². The second-order valence-electron chi connectivity index (χ2n) is 5.52. The average Bonchev–Trinajstić information content (AvgIpc) is 2.91. The molecular formula is C15H23NO5S. The normalized spacial score (nSPS) is 16.9. The van der Waals surface area contributed by atoms with E-state index in [2.05, 4.69) is 4.74 Å². The summed E-state index contributed by atoms with van der Waals surface area (Å²) in [7, 11) is -2.44. The topological polar surface area (TPSA) is 76.8 Å². The van der Waals surface area contributed by atoms with E-state index in [1.165, 1.54) is 17.5 Å². The Hall–Kier alpha value is -1.34. The van der Waals surface area contributed by atoms with Crippen molar-refractivity contribution in [3.8, 4) is 0 Å². The van der Waals surface area contributed by atoms with Crippen LogP contribution in [0, 0.1) is 6.92 Å². The number of hydrogen-bond acceptors (Lipinski definition) is 5. The van der Waals surface area contributed by atoms with E-state index in [1.807, 2.05) is 6.92 Å². The van der Waals surface area contributed by atoms with Gasteiger partial charge in [-0.25, -0.2) is 13.2 Å². The van der Waals surface area contributed by atoms with Gasteiger partial charge in [-0.15, -0.1) is 0 Å². The highest BCUT2D eigenvalue weighted by atomic mass is 32.2. The van der Waals surface area contributed by atoms with Crippen LogP contribution in [0.2, 0.25) is 0 Å². The molecule has 1 saturated carbocycles. The number of carbonyl (C=O) groups is 1. The first kappa shape index (κ1) is 17.0. The maximum atomic E-state index is 12.9. The minimum atomic E-state index is -3.67. The van der Waals surface area contributed by atoms with E-state index in [0.717, 1.165) is 32.1 Å². The molecule has 1 fully saturated rings.